The van der Waals surface area contributed by atoms with Gasteiger partial charge in [0, 0.05) is 25.0 Å². The molecule has 0 bridgehead atoms. The van der Waals surface area contributed by atoms with Gasteiger partial charge in [-0.3, -0.25) is 4.79 Å². The fourth-order valence-corrected chi connectivity index (χ4v) is 5.22. The summed E-state index contributed by atoms with van der Waals surface area (Å²) >= 11 is 0. The fourth-order valence-electron chi connectivity index (χ4n) is 3.75. The highest BCUT2D eigenvalue weighted by molar-refractivity contribution is 7.89. The molecule has 7 nitrogen and oxygen atoms in total. The van der Waals surface area contributed by atoms with Crippen LogP contribution >= 0.6 is 0 Å². The predicted molar refractivity (Wildman–Crippen MR) is 120 cm³/mol. The third kappa shape index (κ3) is 7.31. The maximum atomic E-state index is 12.9. The highest BCUT2D eigenvalue weighted by atomic mass is 32.2. The second kappa shape index (κ2) is 11.6. The van der Waals surface area contributed by atoms with Gasteiger partial charge in [0.1, 0.15) is 0 Å². The van der Waals surface area contributed by atoms with E-state index in [-0.39, 0.29) is 29.4 Å². The number of carbonyl (C=O) groups is 2. The zero-order valence-electron chi connectivity index (χ0n) is 19.1. The predicted octanol–water partition coefficient (Wildman–Crippen LogP) is 3.60. The van der Waals surface area contributed by atoms with Gasteiger partial charge in [-0.2, -0.15) is 4.31 Å². The molecule has 1 aromatic carbocycles. The van der Waals surface area contributed by atoms with E-state index in [1.807, 2.05) is 6.92 Å². The van der Waals surface area contributed by atoms with Crippen LogP contribution in [0.25, 0.3) is 0 Å². The van der Waals surface area contributed by atoms with Gasteiger partial charge >= 0.3 is 5.97 Å². The monoisotopic (exact) mass is 452 g/mol. The number of esters is 1. The van der Waals surface area contributed by atoms with E-state index in [9.17, 15) is 18.0 Å². The summed E-state index contributed by atoms with van der Waals surface area (Å²) in [5, 5.41) is 3.09. The number of amides is 1. The SMILES string of the molecule is CCOC(=O)c1ccc(S(=O)(=O)N2CCC(C(=O)NC(C)CCCC(C)C)CC2)cc1. The van der Waals surface area contributed by atoms with Crippen molar-refractivity contribution >= 4 is 21.9 Å². The second-order valence-electron chi connectivity index (χ2n) is 8.66. The van der Waals surface area contributed by atoms with E-state index < -0.39 is 16.0 Å². The first-order chi connectivity index (χ1) is 14.6. The van der Waals surface area contributed by atoms with Crippen LogP contribution < -0.4 is 5.32 Å². The summed E-state index contributed by atoms with van der Waals surface area (Å²) < 4.78 is 32.2. The van der Waals surface area contributed by atoms with Crippen molar-refractivity contribution in [3.05, 3.63) is 29.8 Å². The molecule has 8 heteroatoms. The molecule has 1 amide bonds. The van der Waals surface area contributed by atoms with Crippen molar-refractivity contribution in [3.63, 3.8) is 0 Å². The van der Waals surface area contributed by atoms with E-state index in [1.54, 1.807) is 6.92 Å². The lowest BCUT2D eigenvalue weighted by Crippen LogP contribution is -2.44. The largest absolute Gasteiger partial charge is 0.462 e. The first-order valence-corrected chi connectivity index (χ1v) is 12.7. The molecule has 0 aliphatic carbocycles. The van der Waals surface area contributed by atoms with Crippen molar-refractivity contribution in [1.29, 1.82) is 0 Å². The van der Waals surface area contributed by atoms with Crippen LogP contribution in [0, 0.1) is 11.8 Å². The standard InChI is InChI=1S/C23H36N2O5S/c1-5-30-23(27)20-9-11-21(12-10-20)31(28,29)25-15-13-19(14-16-25)22(26)24-18(4)8-6-7-17(2)3/h9-12,17-19H,5-8,13-16H2,1-4H3,(H,24,26). The van der Waals surface area contributed by atoms with Crippen LogP contribution in [-0.2, 0) is 19.6 Å². The summed E-state index contributed by atoms with van der Waals surface area (Å²) in [5.41, 5.74) is 0.318. The highest BCUT2D eigenvalue weighted by Crippen LogP contribution is 2.24. The Balaban J connectivity index is 1.88. The summed E-state index contributed by atoms with van der Waals surface area (Å²) in [5.74, 6) is 0.0466. The Morgan fingerprint density at radius 1 is 1.10 bits per heavy atom. The summed E-state index contributed by atoms with van der Waals surface area (Å²) in [6.45, 7) is 9.01. The third-order valence-electron chi connectivity index (χ3n) is 5.64. The molecule has 0 spiro atoms. The van der Waals surface area contributed by atoms with Gasteiger partial charge in [-0.1, -0.05) is 26.7 Å². The third-order valence-corrected chi connectivity index (χ3v) is 7.55. The van der Waals surface area contributed by atoms with Gasteiger partial charge in [0.2, 0.25) is 15.9 Å². The van der Waals surface area contributed by atoms with E-state index in [0.29, 0.717) is 37.4 Å². The molecule has 1 unspecified atom stereocenters. The molecule has 2 rings (SSSR count). The van der Waals surface area contributed by atoms with Gasteiger partial charge in [0.05, 0.1) is 17.1 Å². The number of carbonyl (C=O) groups excluding carboxylic acids is 2. The molecule has 1 aromatic rings. The molecule has 1 aliphatic rings. The minimum absolute atomic E-state index is 0.0212. The number of ether oxygens (including phenoxy) is 1. The van der Waals surface area contributed by atoms with E-state index in [2.05, 4.69) is 19.2 Å². The van der Waals surface area contributed by atoms with Crippen molar-refractivity contribution in [3.8, 4) is 0 Å². The number of benzene rings is 1. The Morgan fingerprint density at radius 3 is 2.26 bits per heavy atom. The lowest BCUT2D eigenvalue weighted by molar-refractivity contribution is -0.126. The Kier molecular flexibility index (Phi) is 9.50. The van der Waals surface area contributed by atoms with Crippen LogP contribution in [0.1, 0.15) is 70.2 Å². The summed E-state index contributed by atoms with van der Waals surface area (Å²) in [6, 6.07) is 5.92. The first-order valence-electron chi connectivity index (χ1n) is 11.2. The minimum atomic E-state index is -3.66. The van der Waals surface area contributed by atoms with E-state index >= 15 is 0 Å². The Labute approximate surface area is 186 Å². The maximum Gasteiger partial charge on any atom is 0.338 e. The molecule has 0 aromatic heterocycles. The van der Waals surface area contributed by atoms with Crippen LogP contribution in [0.4, 0.5) is 0 Å². The van der Waals surface area contributed by atoms with E-state index in [1.165, 1.54) is 28.6 Å². The lowest BCUT2D eigenvalue weighted by Gasteiger charge is -2.31. The molecule has 1 saturated heterocycles. The Morgan fingerprint density at radius 2 is 1.71 bits per heavy atom. The molecule has 1 heterocycles. The van der Waals surface area contributed by atoms with E-state index in [0.717, 1.165) is 19.3 Å². The number of rotatable bonds is 10. The van der Waals surface area contributed by atoms with Crippen LogP contribution in [0.15, 0.2) is 29.2 Å². The molecular formula is C23H36N2O5S. The number of nitrogens with one attached hydrogen (secondary N) is 1. The maximum absolute atomic E-state index is 12.9. The minimum Gasteiger partial charge on any atom is -0.462 e. The normalized spacial score (nSPS) is 16.8. The molecule has 0 saturated carbocycles. The Bertz CT molecular complexity index is 828. The summed E-state index contributed by atoms with van der Waals surface area (Å²) in [6.07, 6.45) is 4.20. The van der Waals surface area contributed by atoms with Crippen LogP contribution in [0.3, 0.4) is 0 Å². The number of hydrogen-bond donors (Lipinski definition) is 1. The van der Waals surface area contributed by atoms with Gasteiger partial charge in [-0.05, 0) is 63.3 Å². The van der Waals surface area contributed by atoms with Crippen molar-refractivity contribution in [1.82, 2.24) is 9.62 Å². The van der Waals surface area contributed by atoms with Crippen molar-refractivity contribution < 1.29 is 22.7 Å². The highest BCUT2D eigenvalue weighted by Gasteiger charge is 2.32. The van der Waals surface area contributed by atoms with Crippen molar-refractivity contribution in [2.24, 2.45) is 11.8 Å². The van der Waals surface area contributed by atoms with Gasteiger partial charge < -0.3 is 10.1 Å². The second-order valence-corrected chi connectivity index (χ2v) is 10.6. The zero-order valence-corrected chi connectivity index (χ0v) is 19.9. The smallest absolute Gasteiger partial charge is 0.338 e. The molecular weight excluding hydrogens is 416 g/mol. The number of hydrogen-bond acceptors (Lipinski definition) is 5. The van der Waals surface area contributed by atoms with Crippen LogP contribution in [0.5, 0.6) is 0 Å². The molecule has 0 radical (unpaired) electrons. The van der Waals surface area contributed by atoms with Crippen LogP contribution in [-0.4, -0.2) is 50.3 Å². The van der Waals surface area contributed by atoms with Crippen LogP contribution in [0.2, 0.25) is 0 Å². The first kappa shape index (κ1) is 25.3. The average Bonchev–Trinajstić information content (AvgIpc) is 2.73. The summed E-state index contributed by atoms with van der Waals surface area (Å²) in [7, 11) is -3.66. The molecule has 1 fully saturated rings. The Hall–Kier alpha value is -1.93. The number of piperidine rings is 1. The quantitative estimate of drug-likeness (QED) is 0.548. The van der Waals surface area contributed by atoms with Gasteiger partial charge in [-0.25, -0.2) is 13.2 Å². The van der Waals surface area contributed by atoms with E-state index in [4.69, 9.17) is 4.74 Å². The molecule has 1 atom stereocenters. The van der Waals surface area contributed by atoms with Crippen molar-refractivity contribution in [2.45, 2.75) is 70.7 Å². The lowest BCUT2D eigenvalue weighted by atomic mass is 9.96. The molecule has 1 N–H and O–H groups in total. The summed E-state index contributed by atoms with van der Waals surface area (Å²) in [4.78, 5) is 24.5. The number of nitrogens with zero attached hydrogens (tertiary/aromatic N) is 1. The molecule has 1 aliphatic heterocycles. The zero-order chi connectivity index (χ0) is 23.0. The molecule has 174 valence electrons. The van der Waals surface area contributed by atoms with Crippen molar-refractivity contribution in [2.75, 3.05) is 19.7 Å². The van der Waals surface area contributed by atoms with Gasteiger partial charge in [0.25, 0.3) is 0 Å². The molecule has 31 heavy (non-hydrogen) atoms. The average molecular weight is 453 g/mol. The van der Waals surface area contributed by atoms with Gasteiger partial charge in [0.15, 0.2) is 0 Å². The number of sulfonamides is 1. The van der Waals surface area contributed by atoms with Gasteiger partial charge in [-0.15, -0.1) is 0 Å². The topological polar surface area (TPSA) is 92.8 Å². The fraction of sp³-hybridized carbons (Fsp3) is 0.652.